The maximum atomic E-state index is 13.1. The fraction of sp³-hybridized carbons (Fsp3) is 0.364. The summed E-state index contributed by atoms with van der Waals surface area (Å²) in [4.78, 5) is 19.6. The van der Waals surface area contributed by atoms with Crippen molar-refractivity contribution in [2.75, 3.05) is 11.9 Å². The summed E-state index contributed by atoms with van der Waals surface area (Å²) >= 11 is 0. The molecule has 2 atom stereocenters. The molecule has 0 radical (unpaired) electrons. The molecule has 1 fully saturated rings. The van der Waals surface area contributed by atoms with Gasteiger partial charge >= 0.3 is 0 Å². The highest BCUT2D eigenvalue weighted by Gasteiger charge is 2.57. The number of hydrogen-bond acceptors (Lipinski definition) is 6. The molecule has 2 aliphatic heterocycles. The summed E-state index contributed by atoms with van der Waals surface area (Å²) < 4.78 is 5.90. The number of fused-ring (bicyclic) bond motifs is 2. The first kappa shape index (κ1) is 18.0. The second kappa shape index (κ2) is 7.08. The summed E-state index contributed by atoms with van der Waals surface area (Å²) in [5.74, 6) is 1.15. The number of anilines is 1. The van der Waals surface area contributed by atoms with E-state index in [0.29, 0.717) is 18.3 Å². The molecule has 1 spiro atoms. The van der Waals surface area contributed by atoms with Crippen molar-refractivity contribution in [3.05, 3.63) is 60.2 Å². The number of hydrogen-bond donors (Lipinski definition) is 1. The lowest BCUT2D eigenvalue weighted by molar-refractivity contribution is -0.121. The molecule has 3 aromatic rings. The van der Waals surface area contributed by atoms with Gasteiger partial charge in [0.25, 0.3) is 0 Å². The van der Waals surface area contributed by atoms with Gasteiger partial charge in [-0.15, -0.1) is 10.2 Å². The van der Waals surface area contributed by atoms with Crippen LogP contribution in [0.2, 0.25) is 0 Å². The summed E-state index contributed by atoms with van der Waals surface area (Å²) in [7, 11) is 0. The predicted octanol–water partition coefficient (Wildman–Crippen LogP) is 3.40. The highest BCUT2D eigenvalue weighted by molar-refractivity contribution is 6.07. The Hall–Kier alpha value is -3.06. The number of nitrogens with one attached hydrogen (secondary N) is 1. The van der Waals surface area contributed by atoms with Crippen LogP contribution in [0.25, 0.3) is 11.5 Å². The van der Waals surface area contributed by atoms with E-state index in [9.17, 15) is 4.79 Å². The van der Waals surface area contributed by atoms with Gasteiger partial charge in [-0.25, -0.2) is 0 Å². The number of likely N-dealkylation sites (tertiary alicyclic amines) is 1. The van der Waals surface area contributed by atoms with Gasteiger partial charge in [0.1, 0.15) is 0 Å². The van der Waals surface area contributed by atoms with Gasteiger partial charge in [-0.1, -0.05) is 31.5 Å². The molecule has 0 unspecified atom stereocenters. The standard InChI is InChI=1S/C22H23N5O2/c1-2-6-18-22(16-8-3-4-9-17(16)24-21(22)28)10-12-27(18)14-19-25-26-20(29-19)15-7-5-11-23-13-15/h3-5,7-9,11,13,18H,2,6,10,12,14H2,1H3,(H,24,28)/t18-,22-/m0/s1. The van der Waals surface area contributed by atoms with Crippen LogP contribution in [0.5, 0.6) is 0 Å². The van der Waals surface area contributed by atoms with Gasteiger partial charge in [-0.2, -0.15) is 0 Å². The van der Waals surface area contributed by atoms with Crippen molar-refractivity contribution >= 4 is 11.6 Å². The minimum Gasteiger partial charge on any atom is -0.419 e. The van der Waals surface area contributed by atoms with E-state index in [1.54, 1.807) is 12.4 Å². The molecule has 1 aromatic carbocycles. The van der Waals surface area contributed by atoms with Gasteiger partial charge in [0, 0.05) is 30.7 Å². The summed E-state index contributed by atoms with van der Waals surface area (Å²) in [6, 6.07) is 11.9. The van der Waals surface area contributed by atoms with Crippen LogP contribution in [0.15, 0.2) is 53.2 Å². The molecule has 1 N–H and O–H groups in total. The molecule has 7 heteroatoms. The SMILES string of the molecule is CCC[C@@H]1N(Cc2nnc(-c3cccnc3)o2)CC[C@@]12C(=O)Nc1ccccc12. The third-order valence-corrected chi connectivity index (χ3v) is 6.14. The zero-order valence-electron chi connectivity index (χ0n) is 16.3. The Balaban J connectivity index is 1.44. The molecule has 29 heavy (non-hydrogen) atoms. The minimum atomic E-state index is -0.501. The van der Waals surface area contributed by atoms with E-state index in [1.807, 2.05) is 30.3 Å². The topological polar surface area (TPSA) is 84.2 Å². The molecule has 1 amide bonds. The molecule has 0 aliphatic carbocycles. The second-order valence-corrected chi connectivity index (χ2v) is 7.74. The lowest BCUT2D eigenvalue weighted by Crippen LogP contribution is -2.46. The van der Waals surface area contributed by atoms with Crippen LogP contribution < -0.4 is 5.32 Å². The molecular formula is C22H23N5O2. The highest BCUT2D eigenvalue weighted by Crippen LogP contribution is 2.49. The van der Waals surface area contributed by atoms with Gasteiger partial charge < -0.3 is 9.73 Å². The number of carbonyl (C=O) groups excluding carboxylic acids is 1. The number of pyridine rings is 1. The molecule has 2 aromatic heterocycles. The zero-order valence-corrected chi connectivity index (χ0v) is 16.3. The van der Waals surface area contributed by atoms with Crippen LogP contribution in [0.4, 0.5) is 5.69 Å². The Labute approximate surface area is 169 Å². The Kier molecular flexibility index (Phi) is 4.39. The van der Waals surface area contributed by atoms with E-state index in [1.165, 1.54) is 0 Å². The van der Waals surface area contributed by atoms with Crippen molar-refractivity contribution in [3.63, 3.8) is 0 Å². The smallest absolute Gasteiger partial charge is 0.249 e. The minimum absolute atomic E-state index is 0.102. The normalized spacial score (nSPS) is 23.5. The first-order valence-corrected chi connectivity index (χ1v) is 10.1. The number of nitrogens with zero attached hydrogens (tertiary/aromatic N) is 4. The summed E-state index contributed by atoms with van der Waals surface area (Å²) in [6.45, 7) is 3.52. The van der Waals surface area contributed by atoms with Gasteiger partial charge in [-0.3, -0.25) is 14.7 Å². The monoisotopic (exact) mass is 389 g/mol. The predicted molar refractivity (Wildman–Crippen MR) is 108 cm³/mol. The van der Waals surface area contributed by atoms with E-state index < -0.39 is 5.41 Å². The quantitative estimate of drug-likeness (QED) is 0.720. The van der Waals surface area contributed by atoms with Crippen LogP contribution in [0, 0.1) is 0 Å². The summed E-state index contributed by atoms with van der Waals surface area (Å²) in [5, 5.41) is 11.5. The maximum Gasteiger partial charge on any atom is 0.249 e. The average Bonchev–Trinajstić information content (AvgIpc) is 3.43. The first-order chi connectivity index (χ1) is 14.2. The Morgan fingerprint density at radius 1 is 1.24 bits per heavy atom. The Bertz CT molecular complexity index is 1030. The van der Waals surface area contributed by atoms with Gasteiger partial charge in [0.2, 0.25) is 17.7 Å². The van der Waals surface area contributed by atoms with Crippen molar-refractivity contribution in [2.45, 2.75) is 44.2 Å². The molecule has 7 nitrogen and oxygen atoms in total. The zero-order chi connectivity index (χ0) is 19.8. The van der Waals surface area contributed by atoms with Crippen molar-refractivity contribution in [1.29, 1.82) is 0 Å². The molecular weight excluding hydrogens is 366 g/mol. The fourth-order valence-electron chi connectivity index (χ4n) is 4.86. The third kappa shape index (κ3) is 2.84. The highest BCUT2D eigenvalue weighted by atomic mass is 16.4. The summed E-state index contributed by atoms with van der Waals surface area (Å²) in [5.41, 5.74) is 2.36. The second-order valence-electron chi connectivity index (χ2n) is 7.74. The Morgan fingerprint density at radius 2 is 2.14 bits per heavy atom. The van der Waals surface area contributed by atoms with Crippen LogP contribution in [-0.2, 0) is 16.8 Å². The van der Waals surface area contributed by atoms with E-state index in [2.05, 4.69) is 38.4 Å². The van der Waals surface area contributed by atoms with Crippen molar-refractivity contribution in [1.82, 2.24) is 20.1 Å². The number of carbonyl (C=O) groups is 1. The maximum absolute atomic E-state index is 13.1. The van der Waals surface area contributed by atoms with Gasteiger partial charge in [0.05, 0.1) is 17.5 Å². The lowest BCUT2D eigenvalue weighted by atomic mass is 9.73. The van der Waals surface area contributed by atoms with E-state index in [-0.39, 0.29) is 11.9 Å². The first-order valence-electron chi connectivity index (χ1n) is 10.1. The van der Waals surface area contributed by atoms with Crippen LogP contribution in [0.3, 0.4) is 0 Å². The van der Waals surface area contributed by atoms with Crippen molar-refractivity contribution in [2.24, 2.45) is 0 Å². The largest absolute Gasteiger partial charge is 0.419 e. The van der Waals surface area contributed by atoms with Crippen LogP contribution >= 0.6 is 0 Å². The molecule has 5 rings (SSSR count). The average molecular weight is 389 g/mol. The Morgan fingerprint density at radius 3 is 2.97 bits per heavy atom. The molecule has 0 bridgehead atoms. The fourth-order valence-corrected chi connectivity index (χ4v) is 4.86. The van der Waals surface area contributed by atoms with Crippen LogP contribution in [-0.4, -0.2) is 38.6 Å². The molecule has 0 saturated carbocycles. The number of rotatable bonds is 5. The van der Waals surface area contributed by atoms with Gasteiger partial charge in [-0.05, 0) is 36.6 Å². The summed E-state index contributed by atoms with van der Waals surface area (Å²) in [6.07, 6.45) is 6.16. The van der Waals surface area contributed by atoms with Crippen molar-refractivity contribution in [3.8, 4) is 11.5 Å². The van der Waals surface area contributed by atoms with E-state index in [4.69, 9.17) is 4.42 Å². The van der Waals surface area contributed by atoms with Crippen LogP contribution in [0.1, 0.15) is 37.6 Å². The van der Waals surface area contributed by atoms with Gasteiger partial charge in [0.15, 0.2) is 0 Å². The molecule has 148 valence electrons. The molecule has 2 aliphatic rings. The van der Waals surface area contributed by atoms with E-state index in [0.717, 1.165) is 42.6 Å². The molecule has 4 heterocycles. The number of para-hydroxylation sites is 1. The number of amides is 1. The number of benzene rings is 1. The van der Waals surface area contributed by atoms with Crippen molar-refractivity contribution < 1.29 is 9.21 Å². The molecule has 1 saturated heterocycles. The lowest BCUT2D eigenvalue weighted by Gasteiger charge is -2.33. The van der Waals surface area contributed by atoms with E-state index >= 15 is 0 Å². The number of aromatic nitrogens is 3. The third-order valence-electron chi connectivity index (χ3n) is 6.14.